The number of hydrogen-bond donors (Lipinski definition) is 1. The van der Waals surface area contributed by atoms with E-state index in [2.05, 4.69) is 10.2 Å². The van der Waals surface area contributed by atoms with Crippen molar-refractivity contribution in [1.82, 2.24) is 4.90 Å². The highest BCUT2D eigenvalue weighted by molar-refractivity contribution is 7.12. The topological polar surface area (TPSA) is 61.9 Å². The maximum Gasteiger partial charge on any atom is 0.264 e. The highest BCUT2D eigenvalue weighted by atomic mass is 35.5. The molecule has 1 aliphatic heterocycles. The largest absolute Gasteiger partial charge is 0.495 e. The lowest BCUT2D eigenvalue weighted by Gasteiger charge is -2.36. The number of nitrogens with zero attached hydrogens (tertiary/aromatic N) is 2. The van der Waals surface area contributed by atoms with Crippen LogP contribution >= 0.6 is 34.5 Å². The van der Waals surface area contributed by atoms with Crippen LogP contribution in [0.1, 0.15) is 15.2 Å². The average molecular weight is 516 g/mol. The Bertz CT molecular complexity index is 1190. The molecule has 0 atom stereocenters. The first kappa shape index (κ1) is 24.1. The fourth-order valence-electron chi connectivity index (χ4n) is 3.75. The zero-order valence-electron chi connectivity index (χ0n) is 18.5. The number of carbonyl (C=O) groups is 2. The molecular weight excluding hydrogens is 493 g/mol. The predicted molar refractivity (Wildman–Crippen MR) is 140 cm³/mol. The third kappa shape index (κ3) is 5.73. The van der Waals surface area contributed by atoms with E-state index >= 15 is 0 Å². The van der Waals surface area contributed by atoms with Gasteiger partial charge in [0, 0.05) is 54.2 Å². The number of piperazine rings is 1. The molecule has 0 spiro atoms. The van der Waals surface area contributed by atoms with E-state index in [4.69, 9.17) is 27.9 Å². The Morgan fingerprint density at radius 2 is 1.79 bits per heavy atom. The maximum absolute atomic E-state index is 12.5. The van der Waals surface area contributed by atoms with Gasteiger partial charge < -0.3 is 19.9 Å². The normalized spacial score (nSPS) is 13.9. The molecule has 176 valence electrons. The van der Waals surface area contributed by atoms with Crippen molar-refractivity contribution in [3.05, 3.63) is 80.5 Å². The Morgan fingerprint density at radius 1 is 1.06 bits per heavy atom. The van der Waals surface area contributed by atoms with Crippen molar-refractivity contribution >= 4 is 63.8 Å². The summed E-state index contributed by atoms with van der Waals surface area (Å²) < 4.78 is 5.29. The van der Waals surface area contributed by atoms with E-state index in [0.717, 1.165) is 23.7 Å². The second kappa shape index (κ2) is 11.0. The van der Waals surface area contributed by atoms with Crippen LogP contribution in [0.3, 0.4) is 0 Å². The summed E-state index contributed by atoms with van der Waals surface area (Å²) in [5.74, 6) is 0.265. The van der Waals surface area contributed by atoms with Crippen molar-refractivity contribution in [3.63, 3.8) is 0 Å². The Morgan fingerprint density at radius 3 is 2.44 bits per heavy atom. The number of methoxy groups -OCH3 is 1. The fourth-order valence-corrected chi connectivity index (χ4v) is 5.03. The molecule has 0 bridgehead atoms. The monoisotopic (exact) mass is 515 g/mol. The molecule has 1 N–H and O–H groups in total. The fraction of sp³-hybridized carbons (Fsp3) is 0.200. The average Bonchev–Trinajstić information content (AvgIpc) is 3.38. The van der Waals surface area contributed by atoms with E-state index in [9.17, 15) is 9.59 Å². The number of ether oxygens (including phenoxy) is 1. The van der Waals surface area contributed by atoms with E-state index in [0.29, 0.717) is 40.1 Å². The number of benzene rings is 2. The number of nitrogens with one attached hydrogen (secondary N) is 1. The lowest BCUT2D eigenvalue weighted by atomic mass is 10.2. The van der Waals surface area contributed by atoms with Crippen molar-refractivity contribution in [2.75, 3.05) is 43.5 Å². The first-order chi connectivity index (χ1) is 16.4. The highest BCUT2D eigenvalue weighted by Crippen LogP contribution is 2.33. The van der Waals surface area contributed by atoms with Crippen LogP contribution in [-0.2, 0) is 4.79 Å². The lowest BCUT2D eigenvalue weighted by molar-refractivity contribution is -0.111. The van der Waals surface area contributed by atoms with Gasteiger partial charge in [-0.3, -0.25) is 9.59 Å². The molecule has 2 aromatic carbocycles. The molecule has 1 saturated heterocycles. The molecule has 1 aromatic heterocycles. The lowest BCUT2D eigenvalue weighted by Crippen LogP contribution is -2.48. The molecule has 1 aliphatic rings. The summed E-state index contributed by atoms with van der Waals surface area (Å²) in [6.45, 7) is 2.87. The van der Waals surface area contributed by atoms with Crippen molar-refractivity contribution in [1.29, 1.82) is 0 Å². The SMILES string of the molecule is COc1c(Cl)cc(Cl)cc1/C=C/C(=O)Nc1ccc(N2CCN(C(=O)c3cccs3)CC2)cc1. The quantitative estimate of drug-likeness (QED) is 0.429. The second-order valence-corrected chi connectivity index (χ2v) is 9.43. The molecule has 2 heterocycles. The van der Waals surface area contributed by atoms with Crippen LogP contribution in [0, 0.1) is 0 Å². The Kier molecular flexibility index (Phi) is 7.77. The minimum Gasteiger partial charge on any atom is -0.495 e. The van der Waals surface area contributed by atoms with Gasteiger partial charge in [-0.1, -0.05) is 29.3 Å². The second-order valence-electron chi connectivity index (χ2n) is 7.64. The van der Waals surface area contributed by atoms with Crippen LogP contribution in [0.5, 0.6) is 5.75 Å². The van der Waals surface area contributed by atoms with Gasteiger partial charge in [-0.05, 0) is 53.9 Å². The van der Waals surface area contributed by atoms with Crippen LogP contribution in [0.25, 0.3) is 6.08 Å². The van der Waals surface area contributed by atoms with Gasteiger partial charge in [-0.2, -0.15) is 0 Å². The molecule has 0 unspecified atom stereocenters. The van der Waals surface area contributed by atoms with Gasteiger partial charge in [0.05, 0.1) is 17.0 Å². The molecule has 0 aliphatic carbocycles. The number of halogens is 2. The zero-order chi connectivity index (χ0) is 24.1. The third-order valence-electron chi connectivity index (χ3n) is 5.45. The van der Waals surface area contributed by atoms with Crippen molar-refractivity contribution in [3.8, 4) is 5.75 Å². The molecule has 9 heteroatoms. The Labute approximate surface area is 212 Å². The summed E-state index contributed by atoms with van der Waals surface area (Å²) in [4.78, 5) is 29.8. The van der Waals surface area contributed by atoms with Crippen LogP contribution in [0.15, 0.2) is 60.0 Å². The van der Waals surface area contributed by atoms with Crippen LogP contribution in [-0.4, -0.2) is 50.0 Å². The number of anilines is 2. The minimum atomic E-state index is -0.286. The molecule has 0 radical (unpaired) electrons. The van der Waals surface area contributed by atoms with Crippen molar-refractivity contribution in [2.45, 2.75) is 0 Å². The molecule has 4 rings (SSSR count). The van der Waals surface area contributed by atoms with Crippen LogP contribution in [0.2, 0.25) is 10.0 Å². The van der Waals surface area contributed by atoms with Gasteiger partial charge in [0.1, 0.15) is 5.75 Å². The molecule has 0 saturated carbocycles. The van der Waals surface area contributed by atoms with E-state index in [-0.39, 0.29) is 11.8 Å². The van der Waals surface area contributed by atoms with Crippen molar-refractivity contribution < 1.29 is 14.3 Å². The summed E-state index contributed by atoms with van der Waals surface area (Å²) >= 11 is 13.7. The summed E-state index contributed by atoms with van der Waals surface area (Å²) in [7, 11) is 1.51. The standard InChI is InChI=1S/C25H23Cl2N3O3S/c1-33-24-17(15-18(26)16-21(24)27)4-9-23(31)28-19-5-7-20(8-6-19)29-10-12-30(13-11-29)25(32)22-3-2-14-34-22/h2-9,14-16H,10-13H2,1H3,(H,28,31)/b9-4+. The Balaban J connectivity index is 1.32. The van der Waals surface area contributed by atoms with E-state index in [1.54, 1.807) is 18.2 Å². The summed E-state index contributed by atoms with van der Waals surface area (Å²) in [5.41, 5.74) is 2.35. The minimum absolute atomic E-state index is 0.0958. The van der Waals surface area contributed by atoms with Crippen molar-refractivity contribution in [2.24, 2.45) is 0 Å². The number of carbonyl (C=O) groups excluding carboxylic acids is 2. The van der Waals surface area contributed by atoms with Crippen LogP contribution in [0.4, 0.5) is 11.4 Å². The van der Waals surface area contributed by atoms with Crippen LogP contribution < -0.4 is 15.0 Å². The maximum atomic E-state index is 12.5. The third-order valence-corrected chi connectivity index (χ3v) is 6.81. The molecule has 1 fully saturated rings. The zero-order valence-corrected chi connectivity index (χ0v) is 20.8. The highest BCUT2D eigenvalue weighted by Gasteiger charge is 2.22. The van der Waals surface area contributed by atoms with Gasteiger partial charge in [0.2, 0.25) is 5.91 Å². The number of rotatable bonds is 6. The van der Waals surface area contributed by atoms with E-state index in [1.165, 1.54) is 24.5 Å². The molecule has 3 aromatic rings. The first-order valence-corrected chi connectivity index (χ1v) is 12.3. The van der Waals surface area contributed by atoms with Gasteiger partial charge in [0.25, 0.3) is 5.91 Å². The van der Waals surface area contributed by atoms with E-state index < -0.39 is 0 Å². The number of thiophene rings is 1. The molecule has 2 amide bonds. The summed E-state index contributed by atoms with van der Waals surface area (Å²) in [6.07, 6.45) is 3.01. The first-order valence-electron chi connectivity index (χ1n) is 10.6. The van der Waals surface area contributed by atoms with E-state index in [1.807, 2.05) is 46.7 Å². The number of amides is 2. The Hall–Kier alpha value is -3.00. The smallest absolute Gasteiger partial charge is 0.264 e. The van der Waals surface area contributed by atoms with Gasteiger partial charge >= 0.3 is 0 Å². The van der Waals surface area contributed by atoms with Gasteiger partial charge in [-0.15, -0.1) is 11.3 Å². The number of hydrogen-bond acceptors (Lipinski definition) is 5. The van der Waals surface area contributed by atoms with Gasteiger partial charge in [-0.25, -0.2) is 0 Å². The van der Waals surface area contributed by atoms with Gasteiger partial charge in [0.15, 0.2) is 0 Å². The molecule has 34 heavy (non-hydrogen) atoms. The predicted octanol–water partition coefficient (Wildman–Crippen LogP) is 5.68. The molecular formula is C25H23Cl2N3O3S. The summed E-state index contributed by atoms with van der Waals surface area (Å²) in [6, 6.07) is 14.7. The molecule has 6 nitrogen and oxygen atoms in total. The summed E-state index contributed by atoms with van der Waals surface area (Å²) in [5, 5.41) is 5.60.